The van der Waals surface area contributed by atoms with Gasteiger partial charge in [0.25, 0.3) is 5.91 Å². The molecule has 0 aliphatic rings. The quantitative estimate of drug-likeness (QED) is 0.785. The Kier molecular flexibility index (Phi) is 6.20. The van der Waals surface area contributed by atoms with Gasteiger partial charge in [-0.3, -0.25) is 9.52 Å². The zero-order valence-corrected chi connectivity index (χ0v) is 15.6. The largest absolute Gasteiger partial charge is 0.322 e. The van der Waals surface area contributed by atoms with E-state index in [1.54, 1.807) is 37.3 Å². The average molecular weight is 360 g/mol. The minimum Gasteiger partial charge on any atom is -0.322 e. The van der Waals surface area contributed by atoms with E-state index < -0.39 is 10.0 Å². The van der Waals surface area contributed by atoms with Crippen LogP contribution in [-0.4, -0.2) is 20.1 Å². The Labute approximate surface area is 149 Å². The van der Waals surface area contributed by atoms with Crippen LogP contribution in [-0.2, 0) is 16.4 Å². The van der Waals surface area contributed by atoms with Gasteiger partial charge >= 0.3 is 0 Å². The number of aryl methyl sites for hydroxylation is 1. The lowest BCUT2D eigenvalue weighted by molar-refractivity contribution is 0.102. The van der Waals surface area contributed by atoms with E-state index in [1.165, 1.54) is 5.56 Å². The molecule has 2 N–H and O–H groups in total. The van der Waals surface area contributed by atoms with Crippen LogP contribution in [0.2, 0.25) is 0 Å². The molecule has 0 bridgehead atoms. The van der Waals surface area contributed by atoms with E-state index in [1.807, 2.05) is 19.1 Å². The maximum absolute atomic E-state index is 12.4. The number of sulfonamides is 1. The van der Waals surface area contributed by atoms with Gasteiger partial charge in [-0.05, 0) is 55.2 Å². The van der Waals surface area contributed by atoms with Crippen molar-refractivity contribution >= 4 is 27.3 Å². The monoisotopic (exact) mass is 360 g/mol. The minimum absolute atomic E-state index is 0.0623. The normalized spacial score (nSPS) is 11.2. The van der Waals surface area contributed by atoms with E-state index in [-0.39, 0.29) is 11.7 Å². The Bertz CT molecular complexity index is 843. The molecule has 0 spiro atoms. The zero-order chi connectivity index (χ0) is 18.4. The van der Waals surface area contributed by atoms with E-state index >= 15 is 0 Å². The number of amides is 1. The highest BCUT2D eigenvalue weighted by Crippen LogP contribution is 2.25. The van der Waals surface area contributed by atoms with Crippen molar-refractivity contribution in [2.75, 3.05) is 15.8 Å². The summed E-state index contributed by atoms with van der Waals surface area (Å²) >= 11 is 0. The first-order chi connectivity index (χ1) is 11.9. The molecule has 0 saturated carbocycles. The van der Waals surface area contributed by atoms with Gasteiger partial charge in [-0.25, -0.2) is 8.42 Å². The predicted octanol–water partition coefficient (Wildman–Crippen LogP) is 3.96. The summed E-state index contributed by atoms with van der Waals surface area (Å²) in [4.78, 5) is 12.4. The number of anilines is 2. The molecule has 0 saturated heterocycles. The minimum atomic E-state index is -3.37. The molecule has 0 unspecified atom stereocenters. The number of hydrogen-bond acceptors (Lipinski definition) is 3. The molecule has 0 aliphatic carbocycles. The van der Waals surface area contributed by atoms with Crippen molar-refractivity contribution in [3.05, 3.63) is 59.2 Å². The molecule has 2 rings (SSSR count). The Hall–Kier alpha value is -2.34. The Morgan fingerprint density at radius 2 is 1.64 bits per heavy atom. The van der Waals surface area contributed by atoms with Crippen LogP contribution in [0, 0.1) is 6.92 Å². The lowest BCUT2D eigenvalue weighted by Gasteiger charge is -2.14. The summed E-state index contributed by atoms with van der Waals surface area (Å²) < 4.78 is 26.5. The van der Waals surface area contributed by atoms with Crippen molar-refractivity contribution in [3.63, 3.8) is 0 Å². The Morgan fingerprint density at radius 1 is 1.00 bits per heavy atom. The second-order valence-corrected chi connectivity index (χ2v) is 7.75. The Morgan fingerprint density at radius 3 is 2.24 bits per heavy atom. The first kappa shape index (κ1) is 19.0. The lowest BCUT2D eigenvalue weighted by atomic mass is 10.1. The molecule has 0 aliphatic heterocycles. The maximum atomic E-state index is 12.4. The van der Waals surface area contributed by atoms with Gasteiger partial charge in [0, 0.05) is 11.3 Å². The predicted molar refractivity (Wildman–Crippen MR) is 103 cm³/mol. The van der Waals surface area contributed by atoms with Crippen molar-refractivity contribution in [2.45, 2.75) is 33.6 Å². The van der Waals surface area contributed by atoms with E-state index in [0.717, 1.165) is 6.42 Å². The van der Waals surface area contributed by atoms with Crippen LogP contribution in [0.4, 0.5) is 11.4 Å². The summed E-state index contributed by atoms with van der Waals surface area (Å²) in [7, 11) is -3.37. The van der Waals surface area contributed by atoms with Gasteiger partial charge in [0.2, 0.25) is 10.0 Å². The van der Waals surface area contributed by atoms with Crippen LogP contribution in [0.5, 0.6) is 0 Å². The van der Waals surface area contributed by atoms with Gasteiger partial charge in [-0.2, -0.15) is 0 Å². The summed E-state index contributed by atoms with van der Waals surface area (Å²) in [6.07, 6.45) is 1.46. The number of carbonyl (C=O) groups excluding carboxylic acids is 1. The molecule has 25 heavy (non-hydrogen) atoms. The van der Waals surface area contributed by atoms with Gasteiger partial charge in [0.1, 0.15) is 0 Å². The van der Waals surface area contributed by atoms with Crippen molar-refractivity contribution in [1.29, 1.82) is 0 Å². The van der Waals surface area contributed by atoms with Gasteiger partial charge in [-0.15, -0.1) is 0 Å². The third kappa shape index (κ3) is 5.06. The molecular formula is C19H24N2O3S. The average Bonchev–Trinajstić information content (AvgIpc) is 2.58. The molecule has 2 aromatic rings. The second-order valence-electron chi connectivity index (χ2n) is 5.90. The van der Waals surface area contributed by atoms with Crippen molar-refractivity contribution in [3.8, 4) is 0 Å². The van der Waals surface area contributed by atoms with Crippen LogP contribution < -0.4 is 10.0 Å². The zero-order valence-electron chi connectivity index (χ0n) is 14.8. The van der Waals surface area contributed by atoms with Crippen LogP contribution in [0.3, 0.4) is 0 Å². The fourth-order valence-electron chi connectivity index (χ4n) is 2.46. The maximum Gasteiger partial charge on any atom is 0.255 e. The summed E-state index contributed by atoms with van der Waals surface area (Å²) in [6, 6.07) is 12.6. The smallest absolute Gasteiger partial charge is 0.255 e. The third-order valence-corrected chi connectivity index (χ3v) is 5.42. The number of nitrogens with one attached hydrogen (secondary N) is 2. The molecule has 6 heteroatoms. The molecule has 134 valence electrons. The third-order valence-electron chi connectivity index (χ3n) is 3.94. The standard InChI is InChI=1S/C19H24N2O3S/c1-4-13-25(23,24)21-18-8-6-7-17(14(18)3)20-19(22)16-11-9-15(5-2)10-12-16/h6-12,21H,4-5,13H2,1-3H3,(H,20,22). The molecule has 0 aromatic heterocycles. The highest BCUT2D eigenvalue weighted by atomic mass is 32.2. The van der Waals surface area contributed by atoms with Gasteiger partial charge in [-0.1, -0.05) is 32.0 Å². The lowest BCUT2D eigenvalue weighted by Crippen LogP contribution is -2.18. The molecule has 0 heterocycles. The summed E-state index contributed by atoms with van der Waals surface area (Å²) in [5, 5.41) is 2.85. The number of benzene rings is 2. The van der Waals surface area contributed by atoms with E-state index in [4.69, 9.17) is 0 Å². The molecular weight excluding hydrogens is 336 g/mol. The van der Waals surface area contributed by atoms with Gasteiger partial charge in [0.05, 0.1) is 11.4 Å². The first-order valence-corrected chi connectivity index (χ1v) is 10.0. The van der Waals surface area contributed by atoms with Crippen LogP contribution in [0.15, 0.2) is 42.5 Å². The second kappa shape index (κ2) is 8.16. The molecule has 0 atom stereocenters. The van der Waals surface area contributed by atoms with E-state index in [9.17, 15) is 13.2 Å². The SMILES string of the molecule is CCCS(=O)(=O)Nc1cccc(NC(=O)c2ccc(CC)cc2)c1C. The molecule has 2 aromatic carbocycles. The number of rotatable bonds is 7. The molecule has 0 fully saturated rings. The highest BCUT2D eigenvalue weighted by Gasteiger charge is 2.14. The van der Waals surface area contributed by atoms with Crippen molar-refractivity contribution in [1.82, 2.24) is 0 Å². The van der Waals surface area contributed by atoms with Crippen molar-refractivity contribution < 1.29 is 13.2 Å². The number of hydrogen-bond donors (Lipinski definition) is 2. The summed E-state index contributed by atoms with van der Waals surface area (Å²) in [5.41, 5.74) is 3.48. The fraction of sp³-hybridized carbons (Fsp3) is 0.316. The van der Waals surface area contributed by atoms with Crippen LogP contribution in [0.25, 0.3) is 0 Å². The van der Waals surface area contributed by atoms with Crippen LogP contribution in [0.1, 0.15) is 41.8 Å². The Balaban J connectivity index is 2.19. The molecule has 5 nitrogen and oxygen atoms in total. The van der Waals surface area contributed by atoms with Crippen LogP contribution >= 0.6 is 0 Å². The molecule has 1 amide bonds. The highest BCUT2D eigenvalue weighted by molar-refractivity contribution is 7.92. The number of carbonyl (C=O) groups is 1. The van der Waals surface area contributed by atoms with Gasteiger partial charge < -0.3 is 5.32 Å². The van der Waals surface area contributed by atoms with Gasteiger partial charge in [0.15, 0.2) is 0 Å². The van der Waals surface area contributed by atoms with E-state index in [2.05, 4.69) is 17.0 Å². The van der Waals surface area contributed by atoms with E-state index in [0.29, 0.717) is 28.9 Å². The summed E-state index contributed by atoms with van der Waals surface area (Å²) in [6.45, 7) is 5.65. The molecule has 0 radical (unpaired) electrons. The summed E-state index contributed by atoms with van der Waals surface area (Å²) in [5.74, 6) is -0.161. The topological polar surface area (TPSA) is 75.3 Å². The van der Waals surface area contributed by atoms with Crippen molar-refractivity contribution in [2.24, 2.45) is 0 Å². The first-order valence-electron chi connectivity index (χ1n) is 8.36. The fourth-order valence-corrected chi connectivity index (χ4v) is 3.65.